The molecular formula is C28H35N3O3S3. The fourth-order valence-corrected chi connectivity index (χ4v) is 6.68. The van der Waals surface area contributed by atoms with Crippen LogP contribution in [0.1, 0.15) is 55.5 Å². The van der Waals surface area contributed by atoms with Gasteiger partial charge < -0.3 is 9.80 Å². The van der Waals surface area contributed by atoms with Crippen LogP contribution < -0.4 is 4.90 Å². The number of hydrogen-bond acceptors (Lipinski definition) is 7. The summed E-state index contributed by atoms with van der Waals surface area (Å²) < 4.78 is 25.3. The van der Waals surface area contributed by atoms with E-state index in [1.807, 2.05) is 35.4 Å². The third-order valence-electron chi connectivity index (χ3n) is 5.97. The second-order valence-electron chi connectivity index (χ2n) is 10.2. The van der Waals surface area contributed by atoms with Crippen LogP contribution in [0.25, 0.3) is 0 Å². The quantitative estimate of drug-likeness (QED) is 0.359. The number of carbonyl (C=O) groups excluding carboxylic acids is 1. The lowest BCUT2D eigenvalue weighted by molar-refractivity contribution is 0.0745. The molecule has 2 aliphatic rings. The summed E-state index contributed by atoms with van der Waals surface area (Å²) in [6.07, 6.45) is 5.21. The van der Waals surface area contributed by atoms with Crippen molar-refractivity contribution in [2.24, 2.45) is 5.92 Å². The number of piperazine rings is 1. The maximum absolute atomic E-state index is 13.4. The Labute approximate surface area is 229 Å². The van der Waals surface area contributed by atoms with Gasteiger partial charge in [-0.2, -0.15) is 0 Å². The monoisotopic (exact) mass is 557 g/mol. The Morgan fingerprint density at radius 3 is 2.27 bits per heavy atom. The van der Waals surface area contributed by atoms with Crippen molar-refractivity contribution in [1.29, 1.82) is 0 Å². The molecule has 1 aliphatic heterocycles. The Morgan fingerprint density at radius 2 is 1.68 bits per heavy atom. The number of sulfone groups is 1. The molecule has 5 rings (SSSR count). The molecule has 0 unspecified atom stereocenters. The van der Waals surface area contributed by atoms with Crippen LogP contribution >= 0.6 is 23.1 Å². The van der Waals surface area contributed by atoms with Crippen LogP contribution in [0.15, 0.2) is 68.7 Å². The molecule has 198 valence electrons. The average Bonchev–Trinajstić information content (AvgIpc) is 3.61. The maximum Gasteiger partial charge on any atom is 0.254 e. The Kier molecular flexibility index (Phi) is 8.98. The molecule has 3 aromatic rings. The lowest BCUT2D eigenvalue weighted by Gasteiger charge is -2.35. The van der Waals surface area contributed by atoms with Gasteiger partial charge in [0.1, 0.15) is 0 Å². The van der Waals surface area contributed by atoms with Crippen LogP contribution in [0.5, 0.6) is 0 Å². The van der Waals surface area contributed by atoms with Gasteiger partial charge >= 0.3 is 0 Å². The molecule has 1 saturated heterocycles. The van der Waals surface area contributed by atoms with Gasteiger partial charge in [0.25, 0.3) is 5.91 Å². The van der Waals surface area contributed by atoms with Gasteiger partial charge in [-0.15, -0.1) is 0 Å². The molecule has 0 N–H and O–H groups in total. The van der Waals surface area contributed by atoms with E-state index in [9.17, 15) is 13.2 Å². The normalized spacial score (nSPS) is 15.9. The van der Waals surface area contributed by atoms with E-state index < -0.39 is 9.84 Å². The number of carbonyl (C=O) groups is 1. The minimum Gasteiger partial charge on any atom is -0.345 e. The lowest BCUT2D eigenvalue weighted by atomic mass is 10.0. The van der Waals surface area contributed by atoms with Crippen molar-refractivity contribution < 1.29 is 13.2 Å². The van der Waals surface area contributed by atoms with Gasteiger partial charge in [0.05, 0.1) is 15.3 Å². The van der Waals surface area contributed by atoms with Crippen molar-refractivity contribution in [3.8, 4) is 0 Å². The summed E-state index contributed by atoms with van der Waals surface area (Å²) in [4.78, 5) is 23.4. The van der Waals surface area contributed by atoms with Crippen LogP contribution in [-0.4, -0.2) is 56.6 Å². The topological polar surface area (TPSA) is 70.6 Å². The minimum atomic E-state index is -3.36. The minimum absolute atomic E-state index is 0.0680. The fourth-order valence-electron chi connectivity index (χ4n) is 4.02. The van der Waals surface area contributed by atoms with Crippen LogP contribution in [0, 0.1) is 5.92 Å². The van der Waals surface area contributed by atoms with Crippen LogP contribution in [0.4, 0.5) is 5.13 Å². The molecular weight excluding hydrogens is 523 g/mol. The summed E-state index contributed by atoms with van der Waals surface area (Å²) in [5.41, 5.74) is 1.53. The van der Waals surface area contributed by atoms with E-state index in [2.05, 4.69) is 42.8 Å². The first-order valence-corrected chi connectivity index (χ1v) is 16.2. The van der Waals surface area contributed by atoms with Crippen molar-refractivity contribution >= 4 is 44.0 Å². The Bertz CT molecular complexity index is 1310. The van der Waals surface area contributed by atoms with Gasteiger partial charge in [-0.3, -0.25) is 4.79 Å². The van der Waals surface area contributed by atoms with E-state index >= 15 is 0 Å². The zero-order valence-corrected chi connectivity index (χ0v) is 24.3. The number of thiazole rings is 1. The van der Waals surface area contributed by atoms with Crippen molar-refractivity contribution in [2.45, 2.75) is 53.5 Å². The van der Waals surface area contributed by atoms with E-state index in [1.54, 1.807) is 35.2 Å². The largest absolute Gasteiger partial charge is 0.345 e. The number of nitrogens with zero attached hydrogens (tertiary/aromatic N) is 3. The number of benzene rings is 2. The molecule has 0 spiro atoms. The first-order valence-electron chi connectivity index (χ1n) is 12.7. The number of hydrogen-bond donors (Lipinski definition) is 0. The molecule has 37 heavy (non-hydrogen) atoms. The highest BCUT2D eigenvalue weighted by Crippen LogP contribution is 2.42. The Balaban J connectivity index is 0.000000747. The van der Waals surface area contributed by atoms with Crippen LogP contribution in [-0.2, 0) is 9.84 Å². The smallest absolute Gasteiger partial charge is 0.254 e. The van der Waals surface area contributed by atoms with Crippen molar-refractivity contribution in [3.63, 3.8) is 0 Å². The molecule has 6 nitrogen and oxygen atoms in total. The summed E-state index contributed by atoms with van der Waals surface area (Å²) >= 11 is 3.37. The van der Waals surface area contributed by atoms with Gasteiger partial charge in [-0.05, 0) is 54.5 Å². The second kappa shape index (κ2) is 12.0. The number of amides is 1. The van der Waals surface area contributed by atoms with E-state index in [0.29, 0.717) is 37.7 Å². The third-order valence-corrected chi connectivity index (χ3v) is 9.25. The molecule has 9 heteroatoms. The highest BCUT2D eigenvalue weighted by molar-refractivity contribution is 8.01. The van der Waals surface area contributed by atoms with Gasteiger partial charge in [0.15, 0.2) is 15.0 Å². The highest BCUT2D eigenvalue weighted by atomic mass is 32.2. The highest BCUT2D eigenvalue weighted by Gasteiger charge is 2.32. The molecule has 0 atom stereocenters. The predicted molar refractivity (Wildman–Crippen MR) is 153 cm³/mol. The van der Waals surface area contributed by atoms with Gasteiger partial charge in [-0.1, -0.05) is 68.1 Å². The summed E-state index contributed by atoms with van der Waals surface area (Å²) in [6, 6.07) is 15.3. The lowest BCUT2D eigenvalue weighted by Crippen LogP contribution is -2.49. The van der Waals surface area contributed by atoms with Gasteiger partial charge in [-0.25, -0.2) is 13.4 Å². The standard InChI is InChI=1S/C24H25N3O3S3.C4H10/c1-33(29,30)19-9-10-20(17-7-8-17)21(15-19)23(28)26-11-13-27(14-12-26)24-25-16-22(32-24)31-18-5-3-2-4-6-18;1-4(2)3/h2-6,9-10,15-17H,7-8,11-14H2,1H3;4H,1-3H3. The summed E-state index contributed by atoms with van der Waals surface area (Å²) in [7, 11) is -3.36. The number of anilines is 1. The maximum atomic E-state index is 13.4. The molecule has 2 heterocycles. The van der Waals surface area contributed by atoms with Crippen molar-refractivity contribution in [3.05, 3.63) is 65.9 Å². The molecule has 1 saturated carbocycles. The second-order valence-corrected chi connectivity index (χ2v) is 14.6. The van der Waals surface area contributed by atoms with Crippen molar-refractivity contribution in [2.75, 3.05) is 37.3 Å². The van der Waals surface area contributed by atoms with E-state index in [-0.39, 0.29) is 10.8 Å². The predicted octanol–water partition coefficient (Wildman–Crippen LogP) is 6.20. The Hall–Kier alpha value is -2.36. The number of aromatic nitrogens is 1. The van der Waals surface area contributed by atoms with E-state index in [4.69, 9.17) is 0 Å². The summed E-state index contributed by atoms with van der Waals surface area (Å²) in [5.74, 6) is 1.14. The van der Waals surface area contributed by atoms with E-state index in [1.165, 1.54) is 11.2 Å². The fraction of sp³-hybridized carbons (Fsp3) is 0.429. The SMILES string of the molecule is CC(C)C.CS(=O)(=O)c1ccc(C2CC2)c(C(=O)N2CCN(c3ncc(Sc4ccccc4)s3)CC2)c1. The van der Waals surface area contributed by atoms with Gasteiger partial charge in [0.2, 0.25) is 0 Å². The van der Waals surface area contributed by atoms with Gasteiger partial charge in [0, 0.05) is 42.9 Å². The summed E-state index contributed by atoms with van der Waals surface area (Å²) in [5, 5.41) is 0.971. The molecule has 1 amide bonds. The number of rotatable bonds is 6. The molecule has 0 bridgehead atoms. The molecule has 0 radical (unpaired) electrons. The van der Waals surface area contributed by atoms with Crippen LogP contribution in [0.2, 0.25) is 0 Å². The molecule has 2 aromatic carbocycles. The zero-order valence-electron chi connectivity index (χ0n) is 21.9. The molecule has 1 aliphatic carbocycles. The molecule has 2 fully saturated rings. The van der Waals surface area contributed by atoms with E-state index in [0.717, 1.165) is 33.7 Å². The molecule has 1 aromatic heterocycles. The third kappa shape index (κ3) is 7.58. The summed E-state index contributed by atoms with van der Waals surface area (Å²) in [6.45, 7) is 9.10. The zero-order chi connectivity index (χ0) is 26.6. The first-order chi connectivity index (χ1) is 17.6. The first kappa shape index (κ1) is 27.7. The van der Waals surface area contributed by atoms with Crippen molar-refractivity contribution in [1.82, 2.24) is 9.88 Å². The average molecular weight is 558 g/mol. The van der Waals surface area contributed by atoms with Crippen LogP contribution in [0.3, 0.4) is 0 Å². The Morgan fingerprint density at radius 1 is 1.03 bits per heavy atom.